The van der Waals surface area contributed by atoms with Crippen molar-refractivity contribution in [3.05, 3.63) is 34.9 Å². The average molecular weight is 254 g/mol. The lowest BCUT2D eigenvalue weighted by atomic mass is 9.71. The van der Waals surface area contributed by atoms with E-state index >= 15 is 0 Å². The van der Waals surface area contributed by atoms with Gasteiger partial charge in [-0.1, -0.05) is 36.7 Å². The van der Waals surface area contributed by atoms with E-state index in [1.807, 2.05) is 6.92 Å². The van der Waals surface area contributed by atoms with Crippen LogP contribution in [0.5, 0.6) is 0 Å². The molecule has 1 fully saturated rings. The highest BCUT2D eigenvalue weighted by molar-refractivity contribution is 6.31. The molecule has 0 aromatic heterocycles. The van der Waals surface area contributed by atoms with Crippen LogP contribution in [0.15, 0.2) is 24.3 Å². The summed E-state index contributed by atoms with van der Waals surface area (Å²) in [6.45, 7) is 1.98. The Morgan fingerprint density at radius 3 is 2.76 bits per heavy atom. The molecule has 92 valence electrons. The molecule has 1 saturated carbocycles. The van der Waals surface area contributed by atoms with Gasteiger partial charge in [-0.25, -0.2) is 0 Å². The minimum absolute atomic E-state index is 0.198. The van der Waals surface area contributed by atoms with Crippen LogP contribution in [0, 0.1) is 5.92 Å². The fraction of sp³-hybridized carbons (Fsp3) is 0.462. The van der Waals surface area contributed by atoms with Crippen molar-refractivity contribution in [3.63, 3.8) is 0 Å². The zero-order valence-electron chi connectivity index (χ0n) is 9.69. The molecule has 0 aliphatic heterocycles. The number of halogens is 1. The minimum atomic E-state index is -1.16. The Balaban J connectivity index is 2.47. The average Bonchev–Trinajstić information content (AvgIpc) is 2.26. The van der Waals surface area contributed by atoms with Gasteiger partial charge in [0, 0.05) is 5.02 Å². The molecule has 3 atom stereocenters. The number of hydrogen-bond donors (Lipinski definition) is 2. The number of benzene rings is 1. The Hall–Kier alpha value is -0.900. The normalized spacial score (nSPS) is 33.8. The topological polar surface area (TPSA) is 63.3 Å². The Morgan fingerprint density at radius 2 is 2.12 bits per heavy atom. The summed E-state index contributed by atoms with van der Waals surface area (Å²) < 4.78 is 0. The SMILES string of the molecule is C[C@@H]1C[C@H](O)C(=O)[C@@](N)(c2ccccc2Cl)C1. The molecule has 2 rings (SSSR count). The highest BCUT2D eigenvalue weighted by atomic mass is 35.5. The first-order chi connectivity index (χ1) is 7.95. The third-order valence-electron chi connectivity index (χ3n) is 3.39. The maximum Gasteiger partial charge on any atom is 0.185 e. The highest BCUT2D eigenvalue weighted by Crippen LogP contribution is 2.38. The fourth-order valence-electron chi connectivity index (χ4n) is 2.58. The van der Waals surface area contributed by atoms with Crippen molar-refractivity contribution < 1.29 is 9.90 Å². The lowest BCUT2D eigenvalue weighted by Crippen LogP contribution is -2.54. The second-order valence-electron chi connectivity index (χ2n) is 4.88. The van der Waals surface area contributed by atoms with E-state index in [1.54, 1.807) is 24.3 Å². The van der Waals surface area contributed by atoms with Crippen LogP contribution in [0.3, 0.4) is 0 Å². The number of carbonyl (C=O) groups is 1. The van der Waals surface area contributed by atoms with Gasteiger partial charge >= 0.3 is 0 Å². The van der Waals surface area contributed by atoms with Crippen LogP contribution in [-0.2, 0) is 10.3 Å². The molecule has 0 saturated heterocycles. The van der Waals surface area contributed by atoms with E-state index in [9.17, 15) is 9.90 Å². The lowest BCUT2D eigenvalue weighted by molar-refractivity contribution is -0.137. The minimum Gasteiger partial charge on any atom is -0.385 e. The van der Waals surface area contributed by atoms with Gasteiger partial charge in [0.05, 0.1) is 0 Å². The molecule has 1 aliphatic carbocycles. The van der Waals surface area contributed by atoms with Gasteiger partial charge in [-0.05, 0) is 30.4 Å². The molecular weight excluding hydrogens is 238 g/mol. The molecule has 0 radical (unpaired) electrons. The van der Waals surface area contributed by atoms with Crippen LogP contribution >= 0.6 is 11.6 Å². The molecule has 0 spiro atoms. The number of aliphatic hydroxyl groups is 1. The second kappa shape index (κ2) is 4.41. The van der Waals surface area contributed by atoms with Crippen molar-refractivity contribution in [3.8, 4) is 0 Å². The number of nitrogens with two attached hydrogens (primary N) is 1. The first kappa shape index (κ1) is 12.6. The Bertz CT molecular complexity index is 449. The third-order valence-corrected chi connectivity index (χ3v) is 3.72. The van der Waals surface area contributed by atoms with Crippen molar-refractivity contribution in [1.29, 1.82) is 0 Å². The number of aliphatic hydroxyl groups excluding tert-OH is 1. The van der Waals surface area contributed by atoms with Gasteiger partial charge in [-0.15, -0.1) is 0 Å². The first-order valence-electron chi connectivity index (χ1n) is 5.71. The number of hydrogen-bond acceptors (Lipinski definition) is 3. The van der Waals surface area contributed by atoms with E-state index in [0.717, 1.165) is 0 Å². The van der Waals surface area contributed by atoms with Crippen molar-refractivity contribution in [1.82, 2.24) is 0 Å². The Kier molecular flexibility index (Phi) is 3.25. The van der Waals surface area contributed by atoms with Gasteiger partial charge in [-0.3, -0.25) is 4.79 Å². The van der Waals surface area contributed by atoms with E-state index in [4.69, 9.17) is 17.3 Å². The third kappa shape index (κ3) is 2.10. The molecule has 1 aliphatic rings. The summed E-state index contributed by atoms with van der Waals surface area (Å²) in [4.78, 5) is 12.1. The van der Waals surface area contributed by atoms with Crippen molar-refractivity contribution >= 4 is 17.4 Å². The van der Waals surface area contributed by atoms with Crippen LogP contribution in [-0.4, -0.2) is 17.0 Å². The number of carbonyl (C=O) groups excluding carboxylic acids is 1. The lowest BCUT2D eigenvalue weighted by Gasteiger charge is -2.38. The summed E-state index contributed by atoms with van der Waals surface area (Å²) in [6.07, 6.45) is 0.00881. The molecule has 0 bridgehead atoms. The van der Waals surface area contributed by atoms with Gasteiger partial charge in [-0.2, -0.15) is 0 Å². The first-order valence-corrected chi connectivity index (χ1v) is 6.09. The van der Waals surface area contributed by atoms with Crippen LogP contribution in [0.4, 0.5) is 0 Å². The maximum absolute atomic E-state index is 12.1. The van der Waals surface area contributed by atoms with Gasteiger partial charge < -0.3 is 10.8 Å². The molecule has 3 nitrogen and oxygen atoms in total. The number of rotatable bonds is 1. The zero-order valence-corrected chi connectivity index (χ0v) is 10.4. The van der Waals surface area contributed by atoms with E-state index in [0.29, 0.717) is 23.4 Å². The maximum atomic E-state index is 12.1. The largest absolute Gasteiger partial charge is 0.385 e. The molecule has 1 aromatic carbocycles. The smallest absolute Gasteiger partial charge is 0.185 e. The Morgan fingerprint density at radius 1 is 1.47 bits per heavy atom. The molecule has 0 heterocycles. The van der Waals surface area contributed by atoms with Crippen LogP contribution < -0.4 is 5.73 Å². The van der Waals surface area contributed by atoms with E-state index in [2.05, 4.69) is 0 Å². The van der Waals surface area contributed by atoms with Crippen LogP contribution in [0.2, 0.25) is 5.02 Å². The van der Waals surface area contributed by atoms with E-state index < -0.39 is 11.6 Å². The zero-order chi connectivity index (χ0) is 12.6. The highest BCUT2D eigenvalue weighted by Gasteiger charge is 2.45. The molecule has 1 aromatic rings. The summed E-state index contributed by atoms with van der Waals surface area (Å²) >= 11 is 6.09. The fourth-order valence-corrected chi connectivity index (χ4v) is 2.89. The summed E-state index contributed by atoms with van der Waals surface area (Å²) in [7, 11) is 0. The van der Waals surface area contributed by atoms with Crippen LogP contribution in [0.25, 0.3) is 0 Å². The molecule has 17 heavy (non-hydrogen) atoms. The van der Waals surface area contributed by atoms with Gasteiger partial charge in [0.1, 0.15) is 11.6 Å². The quantitative estimate of drug-likeness (QED) is 0.803. The van der Waals surface area contributed by atoms with Gasteiger partial charge in [0.15, 0.2) is 5.78 Å². The number of Topliss-reactive ketones (excluding diaryl/α,β-unsaturated/α-hetero) is 1. The summed E-state index contributed by atoms with van der Waals surface area (Å²) in [5, 5.41) is 10.2. The summed E-state index contributed by atoms with van der Waals surface area (Å²) in [5.74, 6) is -0.132. The predicted octanol–water partition coefficient (Wildman–Crippen LogP) is 1.85. The molecule has 4 heteroatoms. The predicted molar refractivity (Wildman–Crippen MR) is 66.7 cm³/mol. The van der Waals surface area contributed by atoms with Gasteiger partial charge in [0.25, 0.3) is 0 Å². The van der Waals surface area contributed by atoms with Crippen molar-refractivity contribution in [2.45, 2.75) is 31.4 Å². The summed E-state index contributed by atoms with van der Waals surface area (Å²) in [5.41, 5.74) is 5.66. The molecule has 0 amide bonds. The van der Waals surface area contributed by atoms with Crippen LogP contribution in [0.1, 0.15) is 25.3 Å². The van der Waals surface area contributed by atoms with Crippen molar-refractivity contribution in [2.75, 3.05) is 0 Å². The molecule has 0 unspecified atom stereocenters. The molecule has 3 N–H and O–H groups in total. The number of ketones is 1. The monoisotopic (exact) mass is 253 g/mol. The van der Waals surface area contributed by atoms with Gasteiger partial charge in [0.2, 0.25) is 0 Å². The van der Waals surface area contributed by atoms with E-state index in [1.165, 1.54) is 0 Å². The molecular formula is C13H16ClNO2. The standard InChI is InChI=1S/C13H16ClNO2/c1-8-6-11(16)12(17)13(15,7-8)9-4-2-3-5-10(9)14/h2-5,8,11,16H,6-7,15H2,1H3/t8-,11+,13+/m1/s1. The Labute approximate surface area is 106 Å². The van der Waals surface area contributed by atoms with Crippen molar-refractivity contribution in [2.24, 2.45) is 11.7 Å². The van der Waals surface area contributed by atoms with E-state index in [-0.39, 0.29) is 11.7 Å². The second-order valence-corrected chi connectivity index (χ2v) is 5.28. The summed E-state index contributed by atoms with van der Waals surface area (Å²) in [6, 6.07) is 7.06.